The Kier molecular flexibility index (Phi) is 3.54. The molecule has 0 amide bonds. The van der Waals surface area contributed by atoms with Gasteiger partial charge in [0.15, 0.2) is 0 Å². The summed E-state index contributed by atoms with van der Waals surface area (Å²) in [6.45, 7) is 3.30. The van der Waals surface area contributed by atoms with Crippen LogP contribution in [-0.2, 0) is 11.3 Å². The molecule has 1 saturated heterocycles. The molecule has 100 valence electrons. The fourth-order valence-electron chi connectivity index (χ4n) is 2.43. The van der Waals surface area contributed by atoms with Crippen molar-refractivity contribution >= 4 is 5.97 Å². The van der Waals surface area contributed by atoms with E-state index in [-0.39, 0.29) is 5.56 Å². The van der Waals surface area contributed by atoms with Crippen LogP contribution in [0.25, 0.3) is 0 Å². The van der Waals surface area contributed by atoms with E-state index < -0.39 is 17.2 Å². The number of aliphatic carboxylic acids is 1. The largest absolute Gasteiger partial charge is 0.481 e. The molecular weight excluding hydrogens is 247 g/mol. The lowest BCUT2D eigenvalue weighted by Gasteiger charge is -2.20. The van der Waals surface area contributed by atoms with E-state index in [1.54, 1.807) is 13.0 Å². The first-order chi connectivity index (χ1) is 8.93. The highest BCUT2D eigenvalue weighted by Gasteiger charge is 2.40. The van der Waals surface area contributed by atoms with E-state index in [0.717, 1.165) is 0 Å². The van der Waals surface area contributed by atoms with Crippen molar-refractivity contribution in [1.29, 1.82) is 5.26 Å². The zero-order valence-electron chi connectivity index (χ0n) is 10.7. The summed E-state index contributed by atoms with van der Waals surface area (Å²) in [5, 5.41) is 17.9. The first kappa shape index (κ1) is 13.5. The SMILES string of the molecule is CC1(C(=O)O)CCN(Cc2cc(F)cc(C#N)c2)C1. The number of carboxylic acids is 1. The van der Waals surface area contributed by atoms with E-state index in [1.165, 1.54) is 12.1 Å². The monoisotopic (exact) mass is 262 g/mol. The molecule has 5 heteroatoms. The van der Waals surface area contributed by atoms with Crippen LogP contribution in [0.4, 0.5) is 4.39 Å². The molecule has 1 N–H and O–H groups in total. The number of rotatable bonds is 3. The van der Waals surface area contributed by atoms with E-state index >= 15 is 0 Å². The minimum Gasteiger partial charge on any atom is -0.481 e. The van der Waals surface area contributed by atoms with Crippen LogP contribution >= 0.6 is 0 Å². The molecule has 0 aromatic heterocycles. The van der Waals surface area contributed by atoms with Gasteiger partial charge in [0.25, 0.3) is 0 Å². The fraction of sp³-hybridized carbons (Fsp3) is 0.429. The number of carbonyl (C=O) groups is 1. The molecule has 19 heavy (non-hydrogen) atoms. The molecule has 2 rings (SSSR count). The van der Waals surface area contributed by atoms with Crippen LogP contribution in [-0.4, -0.2) is 29.1 Å². The summed E-state index contributed by atoms with van der Waals surface area (Å²) in [5.41, 5.74) is 0.257. The summed E-state index contributed by atoms with van der Waals surface area (Å²) in [5.74, 6) is -1.24. The summed E-state index contributed by atoms with van der Waals surface area (Å²) in [4.78, 5) is 13.1. The second-order valence-electron chi connectivity index (χ2n) is 5.29. The van der Waals surface area contributed by atoms with Crippen molar-refractivity contribution in [2.24, 2.45) is 5.41 Å². The molecule has 1 unspecified atom stereocenters. The number of halogens is 1. The van der Waals surface area contributed by atoms with Crippen LogP contribution in [0, 0.1) is 22.6 Å². The molecule has 0 radical (unpaired) electrons. The van der Waals surface area contributed by atoms with Gasteiger partial charge in [-0.1, -0.05) is 0 Å². The van der Waals surface area contributed by atoms with Crippen molar-refractivity contribution in [2.45, 2.75) is 19.9 Å². The van der Waals surface area contributed by atoms with Gasteiger partial charge in [0.2, 0.25) is 0 Å². The van der Waals surface area contributed by atoms with Crippen LogP contribution < -0.4 is 0 Å². The highest BCUT2D eigenvalue weighted by atomic mass is 19.1. The molecule has 1 atom stereocenters. The van der Waals surface area contributed by atoms with Gasteiger partial charge in [-0.25, -0.2) is 4.39 Å². The molecule has 1 aromatic rings. The minimum absolute atomic E-state index is 0.287. The van der Waals surface area contributed by atoms with Gasteiger partial charge in [-0.3, -0.25) is 9.69 Å². The average molecular weight is 262 g/mol. The normalized spacial score (nSPS) is 23.2. The quantitative estimate of drug-likeness (QED) is 0.904. The first-order valence-corrected chi connectivity index (χ1v) is 6.08. The van der Waals surface area contributed by atoms with Gasteiger partial charge in [0, 0.05) is 13.1 Å². The Morgan fingerprint density at radius 3 is 2.89 bits per heavy atom. The zero-order chi connectivity index (χ0) is 14.0. The minimum atomic E-state index is -0.799. The molecule has 1 fully saturated rings. The Morgan fingerprint density at radius 1 is 1.58 bits per heavy atom. The van der Waals surface area contributed by atoms with E-state index in [0.29, 0.717) is 31.6 Å². The Hall–Kier alpha value is -1.93. The smallest absolute Gasteiger partial charge is 0.310 e. The molecule has 1 aromatic carbocycles. The lowest BCUT2D eigenvalue weighted by Crippen LogP contribution is -2.31. The molecular formula is C14H15FN2O2. The van der Waals surface area contributed by atoms with Crippen molar-refractivity contribution in [3.8, 4) is 6.07 Å². The predicted molar refractivity (Wildman–Crippen MR) is 66.8 cm³/mol. The topological polar surface area (TPSA) is 64.3 Å². The third-order valence-electron chi connectivity index (χ3n) is 3.56. The summed E-state index contributed by atoms with van der Waals surface area (Å²) in [6, 6.07) is 6.13. The number of likely N-dealkylation sites (tertiary alicyclic amines) is 1. The van der Waals surface area contributed by atoms with Crippen LogP contribution in [0.5, 0.6) is 0 Å². The Balaban J connectivity index is 2.10. The number of benzene rings is 1. The van der Waals surface area contributed by atoms with Gasteiger partial charge in [-0.05, 0) is 43.7 Å². The van der Waals surface area contributed by atoms with E-state index in [1.807, 2.05) is 11.0 Å². The van der Waals surface area contributed by atoms with Crippen LogP contribution in [0.1, 0.15) is 24.5 Å². The molecule has 1 heterocycles. The van der Waals surface area contributed by atoms with Crippen LogP contribution in [0.2, 0.25) is 0 Å². The number of hydrogen-bond donors (Lipinski definition) is 1. The fourth-order valence-corrected chi connectivity index (χ4v) is 2.43. The lowest BCUT2D eigenvalue weighted by atomic mass is 9.90. The average Bonchev–Trinajstić information content (AvgIpc) is 2.71. The third kappa shape index (κ3) is 2.91. The maximum Gasteiger partial charge on any atom is 0.310 e. The van der Waals surface area contributed by atoms with Gasteiger partial charge in [0.05, 0.1) is 17.0 Å². The third-order valence-corrected chi connectivity index (χ3v) is 3.56. The summed E-state index contributed by atoms with van der Waals surface area (Å²) < 4.78 is 13.3. The van der Waals surface area contributed by atoms with Gasteiger partial charge in [0.1, 0.15) is 5.82 Å². The van der Waals surface area contributed by atoms with Crippen molar-refractivity contribution in [2.75, 3.05) is 13.1 Å². The van der Waals surface area contributed by atoms with Crippen molar-refractivity contribution in [3.05, 3.63) is 35.1 Å². The van der Waals surface area contributed by atoms with E-state index in [9.17, 15) is 9.18 Å². The van der Waals surface area contributed by atoms with Crippen molar-refractivity contribution in [1.82, 2.24) is 4.90 Å². The van der Waals surface area contributed by atoms with Crippen molar-refractivity contribution in [3.63, 3.8) is 0 Å². The zero-order valence-corrected chi connectivity index (χ0v) is 10.7. The number of nitriles is 1. The first-order valence-electron chi connectivity index (χ1n) is 6.08. The molecule has 0 aliphatic carbocycles. The van der Waals surface area contributed by atoms with Crippen LogP contribution in [0.3, 0.4) is 0 Å². The second kappa shape index (κ2) is 4.98. The Morgan fingerprint density at radius 2 is 2.32 bits per heavy atom. The summed E-state index contributed by atoms with van der Waals surface area (Å²) in [6.07, 6.45) is 0.586. The maximum atomic E-state index is 13.3. The Labute approximate surface area is 111 Å². The number of carboxylic acid groups (broad SMARTS) is 1. The van der Waals surface area contributed by atoms with Gasteiger partial charge >= 0.3 is 5.97 Å². The van der Waals surface area contributed by atoms with Gasteiger partial charge in [-0.15, -0.1) is 0 Å². The summed E-state index contributed by atoms with van der Waals surface area (Å²) >= 11 is 0. The highest BCUT2D eigenvalue weighted by molar-refractivity contribution is 5.74. The second-order valence-corrected chi connectivity index (χ2v) is 5.29. The standard InChI is InChI=1S/C14H15FN2O2/c1-14(13(18)19)2-3-17(9-14)8-11-4-10(7-16)5-12(15)6-11/h4-6H,2-3,8-9H2,1H3,(H,18,19). The van der Waals surface area contributed by atoms with E-state index in [4.69, 9.17) is 10.4 Å². The van der Waals surface area contributed by atoms with E-state index in [2.05, 4.69) is 0 Å². The molecule has 1 aliphatic heterocycles. The number of hydrogen-bond acceptors (Lipinski definition) is 3. The number of nitrogens with zero attached hydrogens (tertiary/aromatic N) is 2. The summed E-state index contributed by atoms with van der Waals surface area (Å²) in [7, 11) is 0. The molecule has 4 nitrogen and oxygen atoms in total. The van der Waals surface area contributed by atoms with Crippen molar-refractivity contribution < 1.29 is 14.3 Å². The molecule has 0 bridgehead atoms. The molecule has 0 saturated carbocycles. The molecule has 0 spiro atoms. The van der Waals surface area contributed by atoms with Gasteiger partial charge in [-0.2, -0.15) is 5.26 Å². The highest BCUT2D eigenvalue weighted by Crippen LogP contribution is 2.31. The predicted octanol–water partition coefficient (Wildman–Crippen LogP) is 1.99. The lowest BCUT2D eigenvalue weighted by molar-refractivity contribution is -0.147. The molecule has 1 aliphatic rings. The maximum absolute atomic E-state index is 13.3. The Bertz CT molecular complexity index is 553. The van der Waals surface area contributed by atoms with Gasteiger partial charge < -0.3 is 5.11 Å². The van der Waals surface area contributed by atoms with Crippen LogP contribution in [0.15, 0.2) is 18.2 Å².